The Bertz CT molecular complexity index is 448. The summed E-state index contributed by atoms with van der Waals surface area (Å²) < 4.78 is 11.2. The Balaban J connectivity index is 1.47. The molecular weight excluding hydrogens is 254 g/mol. The van der Waals surface area contributed by atoms with E-state index in [2.05, 4.69) is 5.32 Å². The molecule has 2 aliphatic rings. The fourth-order valence-corrected chi connectivity index (χ4v) is 3.30. The molecule has 0 saturated heterocycles. The van der Waals surface area contributed by atoms with Gasteiger partial charge in [0.1, 0.15) is 12.4 Å². The maximum absolute atomic E-state index is 12.0. The number of carbonyl (C=O) groups is 1. The van der Waals surface area contributed by atoms with Crippen LogP contribution in [0.1, 0.15) is 62.3 Å². The number of hydrogen-bond acceptors (Lipinski definition) is 3. The fourth-order valence-electron chi connectivity index (χ4n) is 3.30. The number of aryl methyl sites for hydroxylation is 1. The molecule has 0 spiro atoms. The molecule has 1 saturated carbocycles. The SMILES string of the molecule is O=C(COC1CCCCC1)NC1CCCc2occc21. The molecule has 110 valence electrons. The minimum absolute atomic E-state index is 0.00498. The zero-order valence-electron chi connectivity index (χ0n) is 11.9. The van der Waals surface area contributed by atoms with Crippen LogP contribution in [0.25, 0.3) is 0 Å². The van der Waals surface area contributed by atoms with E-state index in [4.69, 9.17) is 9.15 Å². The Hall–Kier alpha value is -1.29. The highest BCUT2D eigenvalue weighted by Crippen LogP contribution is 2.30. The molecule has 2 aliphatic carbocycles. The first-order valence-electron chi connectivity index (χ1n) is 7.80. The smallest absolute Gasteiger partial charge is 0.246 e. The first kappa shape index (κ1) is 13.7. The predicted octanol–water partition coefficient (Wildman–Crippen LogP) is 3.12. The quantitative estimate of drug-likeness (QED) is 0.920. The first-order chi connectivity index (χ1) is 9.83. The summed E-state index contributed by atoms with van der Waals surface area (Å²) in [5, 5.41) is 3.08. The van der Waals surface area contributed by atoms with Gasteiger partial charge in [0.05, 0.1) is 18.4 Å². The molecule has 1 atom stereocenters. The predicted molar refractivity (Wildman–Crippen MR) is 75.4 cm³/mol. The van der Waals surface area contributed by atoms with Crippen molar-refractivity contribution in [3.05, 3.63) is 23.7 Å². The van der Waals surface area contributed by atoms with Crippen molar-refractivity contribution >= 4 is 5.91 Å². The van der Waals surface area contributed by atoms with E-state index >= 15 is 0 Å². The molecule has 1 fully saturated rings. The molecule has 3 rings (SSSR count). The van der Waals surface area contributed by atoms with Crippen LogP contribution in [0.4, 0.5) is 0 Å². The molecule has 0 aliphatic heterocycles. The number of furan rings is 1. The Labute approximate surface area is 119 Å². The van der Waals surface area contributed by atoms with Gasteiger partial charge in [-0.25, -0.2) is 0 Å². The largest absolute Gasteiger partial charge is 0.469 e. The second-order valence-electron chi connectivity index (χ2n) is 5.88. The second kappa shape index (κ2) is 6.44. The zero-order chi connectivity index (χ0) is 13.8. The number of carbonyl (C=O) groups excluding carboxylic acids is 1. The Morgan fingerprint density at radius 3 is 2.95 bits per heavy atom. The van der Waals surface area contributed by atoms with Crippen LogP contribution in [0, 0.1) is 0 Å². The van der Waals surface area contributed by atoms with Crippen LogP contribution in [0.15, 0.2) is 16.7 Å². The third-order valence-corrected chi connectivity index (χ3v) is 4.39. The van der Waals surface area contributed by atoms with Crippen LogP contribution in [-0.4, -0.2) is 18.6 Å². The van der Waals surface area contributed by atoms with Crippen LogP contribution in [0.5, 0.6) is 0 Å². The molecule has 1 aromatic heterocycles. The third kappa shape index (κ3) is 3.23. The van der Waals surface area contributed by atoms with Gasteiger partial charge in [0.25, 0.3) is 0 Å². The number of nitrogens with one attached hydrogen (secondary N) is 1. The lowest BCUT2D eigenvalue weighted by molar-refractivity contribution is -0.129. The normalized spacial score (nSPS) is 23.3. The van der Waals surface area contributed by atoms with Gasteiger partial charge < -0.3 is 14.5 Å². The summed E-state index contributed by atoms with van der Waals surface area (Å²) in [6.07, 6.45) is 11.0. The molecule has 1 aromatic rings. The average Bonchev–Trinajstić information content (AvgIpc) is 2.96. The second-order valence-corrected chi connectivity index (χ2v) is 5.88. The maximum Gasteiger partial charge on any atom is 0.246 e. The van der Waals surface area contributed by atoms with E-state index in [1.807, 2.05) is 6.07 Å². The van der Waals surface area contributed by atoms with Crippen LogP contribution in [0.2, 0.25) is 0 Å². The molecule has 1 amide bonds. The van der Waals surface area contributed by atoms with E-state index in [-0.39, 0.29) is 24.7 Å². The molecule has 0 aromatic carbocycles. The number of hydrogen-bond donors (Lipinski definition) is 1. The number of fused-ring (bicyclic) bond motifs is 1. The van der Waals surface area contributed by atoms with Crippen molar-refractivity contribution in [1.29, 1.82) is 0 Å². The van der Waals surface area contributed by atoms with E-state index in [1.165, 1.54) is 19.3 Å². The zero-order valence-corrected chi connectivity index (χ0v) is 11.9. The Morgan fingerprint density at radius 1 is 1.25 bits per heavy atom. The first-order valence-corrected chi connectivity index (χ1v) is 7.80. The maximum atomic E-state index is 12.0. The Kier molecular flexibility index (Phi) is 4.41. The van der Waals surface area contributed by atoms with Gasteiger partial charge >= 0.3 is 0 Å². The van der Waals surface area contributed by atoms with Gasteiger partial charge in [-0.2, -0.15) is 0 Å². The van der Waals surface area contributed by atoms with Gasteiger partial charge in [0.15, 0.2) is 0 Å². The van der Waals surface area contributed by atoms with E-state index in [1.54, 1.807) is 6.26 Å². The van der Waals surface area contributed by atoms with E-state index in [0.717, 1.165) is 43.4 Å². The van der Waals surface area contributed by atoms with Crippen molar-refractivity contribution in [3.8, 4) is 0 Å². The molecule has 0 bridgehead atoms. The lowest BCUT2D eigenvalue weighted by atomic mass is 9.93. The highest BCUT2D eigenvalue weighted by atomic mass is 16.5. The Morgan fingerprint density at radius 2 is 2.10 bits per heavy atom. The molecule has 20 heavy (non-hydrogen) atoms. The van der Waals surface area contributed by atoms with Crippen LogP contribution in [-0.2, 0) is 16.0 Å². The molecule has 1 N–H and O–H groups in total. The van der Waals surface area contributed by atoms with Crippen LogP contribution < -0.4 is 5.32 Å². The van der Waals surface area contributed by atoms with Gasteiger partial charge in [-0.05, 0) is 31.7 Å². The standard InChI is InChI=1S/C16H23NO3/c18-16(11-20-12-5-2-1-3-6-12)17-14-7-4-8-15-13(14)9-10-19-15/h9-10,12,14H,1-8,11H2,(H,17,18). The van der Waals surface area contributed by atoms with Gasteiger partial charge in [-0.15, -0.1) is 0 Å². The topological polar surface area (TPSA) is 51.5 Å². The average molecular weight is 277 g/mol. The third-order valence-electron chi connectivity index (χ3n) is 4.39. The van der Waals surface area contributed by atoms with Gasteiger partial charge in [0.2, 0.25) is 5.91 Å². The lowest BCUT2D eigenvalue weighted by Crippen LogP contribution is -2.34. The van der Waals surface area contributed by atoms with Gasteiger partial charge in [0, 0.05) is 12.0 Å². The number of rotatable bonds is 4. The summed E-state index contributed by atoms with van der Waals surface area (Å²) in [6, 6.07) is 2.07. The van der Waals surface area contributed by atoms with E-state index in [9.17, 15) is 4.79 Å². The van der Waals surface area contributed by atoms with E-state index in [0.29, 0.717) is 0 Å². The van der Waals surface area contributed by atoms with Crippen molar-refractivity contribution in [2.24, 2.45) is 0 Å². The van der Waals surface area contributed by atoms with E-state index < -0.39 is 0 Å². The van der Waals surface area contributed by atoms with Crippen molar-refractivity contribution in [2.75, 3.05) is 6.61 Å². The molecular formula is C16H23NO3. The summed E-state index contributed by atoms with van der Waals surface area (Å²) in [5.41, 5.74) is 1.14. The minimum Gasteiger partial charge on any atom is -0.469 e. The fraction of sp³-hybridized carbons (Fsp3) is 0.688. The van der Waals surface area contributed by atoms with Crippen molar-refractivity contribution in [1.82, 2.24) is 5.32 Å². The summed E-state index contributed by atoms with van der Waals surface area (Å²) in [4.78, 5) is 12.0. The number of amides is 1. The van der Waals surface area contributed by atoms with Crippen LogP contribution in [0.3, 0.4) is 0 Å². The molecule has 1 heterocycles. The number of ether oxygens (including phenoxy) is 1. The molecule has 0 radical (unpaired) electrons. The highest BCUT2D eigenvalue weighted by molar-refractivity contribution is 5.77. The van der Waals surface area contributed by atoms with Crippen LogP contribution >= 0.6 is 0 Å². The van der Waals surface area contributed by atoms with Gasteiger partial charge in [-0.3, -0.25) is 4.79 Å². The van der Waals surface area contributed by atoms with Crippen molar-refractivity contribution in [3.63, 3.8) is 0 Å². The van der Waals surface area contributed by atoms with Crippen molar-refractivity contribution < 1.29 is 13.9 Å². The van der Waals surface area contributed by atoms with Gasteiger partial charge in [-0.1, -0.05) is 19.3 Å². The highest BCUT2D eigenvalue weighted by Gasteiger charge is 2.24. The summed E-state index contributed by atoms with van der Waals surface area (Å²) in [5.74, 6) is 1.02. The summed E-state index contributed by atoms with van der Waals surface area (Å²) in [7, 11) is 0. The monoisotopic (exact) mass is 277 g/mol. The van der Waals surface area contributed by atoms with Crippen molar-refractivity contribution in [2.45, 2.75) is 63.5 Å². The minimum atomic E-state index is -0.00498. The molecule has 4 heteroatoms. The summed E-state index contributed by atoms with van der Waals surface area (Å²) in [6.45, 7) is 0.189. The molecule has 4 nitrogen and oxygen atoms in total. The summed E-state index contributed by atoms with van der Waals surface area (Å²) >= 11 is 0. The molecule has 1 unspecified atom stereocenters. The lowest BCUT2D eigenvalue weighted by Gasteiger charge is -2.24.